The molecule has 3 aromatic heterocycles. The zero-order chi connectivity index (χ0) is 23.7. The van der Waals surface area contributed by atoms with Gasteiger partial charge in [-0.1, -0.05) is 30.3 Å². The Hall–Kier alpha value is -4.47. The largest absolute Gasteiger partial charge is 0.493 e. The summed E-state index contributed by atoms with van der Waals surface area (Å²) in [6.45, 7) is 0.601. The van der Waals surface area contributed by atoms with Crippen LogP contribution in [0.2, 0.25) is 0 Å². The van der Waals surface area contributed by atoms with Crippen LogP contribution in [0.4, 0.5) is 4.39 Å². The van der Waals surface area contributed by atoms with Gasteiger partial charge < -0.3 is 14.5 Å². The van der Waals surface area contributed by atoms with Gasteiger partial charge >= 0.3 is 0 Å². The Morgan fingerprint density at radius 1 is 1.21 bits per heavy atom. The zero-order valence-corrected chi connectivity index (χ0v) is 18.2. The number of halogens is 1. The van der Waals surface area contributed by atoms with Crippen LogP contribution in [0.15, 0.2) is 70.3 Å². The van der Waals surface area contributed by atoms with Gasteiger partial charge in [0.1, 0.15) is 17.5 Å². The number of amides is 1. The lowest BCUT2D eigenvalue weighted by Gasteiger charge is -2.07. The van der Waals surface area contributed by atoms with Crippen LogP contribution in [0, 0.1) is 5.82 Å². The molecule has 9 nitrogen and oxygen atoms in total. The standard InChI is InChI=1S/C24H20FN5O4/c1-33-19-8-4-6-15-11-20(34-21(15)19)23(31)26-9-10-30-22-17(12-28-30)24(32)29(14-27-22)13-16-5-2-3-7-18(16)25/h2-8,11-12,14H,9-10,13H2,1H3,(H,26,31). The van der Waals surface area contributed by atoms with E-state index in [1.807, 2.05) is 12.1 Å². The van der Waals surface area contributed by atoms with Crippen molar-refractivity contribution in [3.8, 4) is 5.75 Å². The summed E-state index contributed by atoms with van der Waals surface area (Å²) in [5, 5.41) is 8.08. The number of hydrogen-bond donors (Lipinski definition) is 1. The number of nitrogens with zero attached hydrogens (tertiary/aromatic N) is 4. The van der Waals surface area contributed by atoms with Gasteiger partial charge in [0.15, 0.2) is 22.7 Å². The molecular formula is C24H20FN5O4. The van der Waals surface area contributed by atoms with Crippen LogP contribution in [0.1, 0.15) is 16.1 Å². The molecule has 0 bridgehead atoms. The van der Waals surface area contributed by atoms with Crippen molar-refractivity contribution in [2.45, 2.75) is 13.1 Å². The molecule has 0 atom stereocenters. The molecule has 0 unspecified atom stereocenters. The van der Waals surface area contributed by atoms with E-state index in [9.17, 15) is 14.0 Å². The lowest BCUT2D eigenvalue weighted by molar-refractivity contribution is 0.0926. The molecular weight excluding hydrogens is 441 g/mol. The third kappa shape index (κ3) is 3.90. The third-order valence-electron chi connectivity index (χ3n) is 5.48. The van der Waals surface area contributed by atoms with E-state index in [1.54, 1.807) is 30.3 Å². The lowest BCUT2D eigenvalue weighted by atomic mass is 10.2. The van der Waals surface area contributed by atoms with E-state index in [1.165, 1.54) is 34.9 Å². The number of nitrogens with one attached hydrogen (secondary N) is 1. The summed E-state index contributed by atoms with van der Waals surface area (Å²) < 4.78 is 27.7. The van der Waals surface area contributed by atoms with E-state index in [0.717, 1.165) is 5.39 Å². The Morgan fingerprint density at radius 2 is 2.06 bits per heavy atom. The molecule has 0 aliphatic heterocycles. The molecule has 34 heavy (non-hydrogen) atoms. The number of furan rings is 1. The average Bonchev–Trinajstić information content (AvgIpc) is 3.47. The number of carbonyl (C=O) groups excluding carboxylic acids is 1. The first-order valence-electron chi connectivity index (χ1n) is 10.5. The summed E-state index contributed by atoms with van der Waals surface area (Å²) in [5.41, 5.74) is 0.963. The maximum atomic E-state index is 14.0. The van der Waals surface area contributed by atoms with Gasteiger partial charge in [0, 0.05) is 17.5 Å². The second-order valence-corrected chi connectivity index (χ2v) is 7.62. The van der Waals surface area contributed by atoms with Gasteiger partial charge in [-0.2, -0.15) is 5.10 Å². The van der Waals surface area contributed by atoms with E-state index < -0.39 is 0 Å². The molecule has 1 amide bonds. The fourth-order valence-electron chi connectivity index (χ4n) is 3.76. The van der Waals surface area contributed by atoms with Crippen molar-refractivity contribution in [1.29, 1.82) is 0 Å². The minimum absolute atomic E-state index is 0.0674. The molecule has 0 aliphatic rings. The van der Waals surface area contributed by atoms with Gasteiger partial charge in [0.05, 0.1) is 26.4 Å². The molecule has 1 N–H and O–H groups in total. The molecule has 0 spiro atoms. The first-order chi connectivity index (χ1) is 16.5. The minimum atomic E-state index is -0.385. The summed E-state index contributed by atoms with van der Waals surface area (Å²) in [4.78, 5) is 29.7. The maximum absolute atomic E-state index is 14.0. The first-order valence-corrected chi connectivity index (χ1v) is 10.5. The molecule has 0 saturated heterocycles. The van der Waals surface area contributed by atoms with E-state index in [0.29, 0.717) is 34.5 Å². The van der Waals surface area contributed by atoms with Crippen molar-refractivity contribution in [1.82, 2.24) is 24.6 Å². The van der Waals surface area contributed by atoms with Crippen LogP contribution in [0.3, 0.4) is 0 Å². The number of fused-ring (bicyclic) bond motifs is 2. The van der Waals surface area contributed by atoms with Gasteiger partial charge in [-0.25, -0.2) is 14.1 Å². The molecule has 2 aromatic carbocycles. The molecule has 5 aromatic rings. The predicted octanol–water partition coefficient (Wildman–Crippen LogP) is 2.97. The van der Waals surface area contributed by atoms with Crippen LogP contribution in [0.5, 0.6) is 5.75 Å². The first kappa shape index (κ1) is 21.4. The smallest absolute Gasteiger partial charge is 0.287 e. The predicted molar refractivity (Wildman–Crippen MR) is 122 cm³/mol. The molecule has 172 valence electrons. The molecule has 0 saturated carbocycles. The topological polar surface area (TPSA) is 104 Å². The molecule has 5 rings (SSSR count). The van der Waals surface area contributed by atoms with Crippen molar-refractivity contribution in [3.05, 3.63) is 88.5 Å². The van der Waals surface area contributed by atoms with E-state index >= 15 is 0 Å². The monoisotopic (exact) mass is 461 g/mol. The van der Waals surface area contributed by atoms with Gasteiger partial charge in [-0.3, -0.25) is 14.2 Å². The highest BCUT2D eigenvalue weighted by Gasteiger charge is 2.15. The summed E-state index contributed by atoms with van der Waals surface area (Å²) in [7, 11) is 1.54. The van der Waals surface area contributed by atoms with Crippen LogP contribution in [-0.4, -0.2) is 38.9 Å². The minimum Gasteiger partial charge on any atom is -0.493 e. The Labute approximate surface area is 192 Å². The number of ether oxygens (including phenoxy) is 1. The number of hydrogen-bond acceptors (Lipinski definition) is 6. The third-order valence-corrected chi connectivity index (χ3v) is 5.48. The van der Waals surface area contributed by atoms with Crippen molar-refractivity contribution in [2.24, 2.45) is 0 Å². The van der Waals surface area contributed by atoms with Crippen molar-refractivity contribution in [2.75, 3.05) is 13.7 Å². The maximum Gasteiger partial charge on any atom is 0.287 e. The summed E-state index contributed by atoms with van der Waals surface area (Å²) in [6, 6.07) is 13.3. The fraction of sp³-hybridized carbons (Fsp3) is 0.167. The number of benzene rings is 2. The van der Waals surface area contributed by atoms with Crippen molar-refractivity contribution < 1.29 is 18.3 Å². The Morgan fingerprint density at radius 3 is 2.88 bits per heavy atom. The van der Waals surface area contributed by atoms with Crippen molar-refractivity contribution >= 4 is 27.9 Å². The molecule has 10 heteroatoms. The molecule has 0 radical (unpaired) electrons. The van der Waals surface area contributed by atoms with Crippen LogP contribution in [-0.2, 0) is 13.1 Å². The van der Waals surface area contributed by atoms with Gasteiger partial charge in [-0.15, -0.1) is 0 Å². The van der Waals surface area contributed by atoms with E-state index in [4.69, 9.17) is 9.15 Å². The van der Waals surface area contributed by atoms with Crippen LogP contribution < -0.4 is 15.6 Å². The Kier molecular flexibility index (Phi) is 5.54. The molecule has 0 fully saturated rings. The van der Waals surface area contributed by atoms with Gasteiger partial charge in [-0.05, 0) is 18.2 Å². The summed E-state index contributed by atoms with van der Waals surface area (Å²) >= 11 is 0. The van der Waals surface area contributed by atoms with Crippen molar-refractivity contribution in [3.63, 3.8) is 0 Å². The number of aromatic nitrogens is 4. The Bertz CT molecular complexity index is 1570. The molecule has 3 heterocycles. The van der Waals surface area contributed by atoms with Gasteiger partial charge in [0.2, 0.25) is 0 Å². The fourth-order valence-corrected chi connectivity index (χ4v) is 3.76. The second-order valence-electron chi connectivity index (χ2n) is 7.62. The quantitative estimate of drug-likeness (QED) is 0.400. The number of para-hydroxylation sites is 1. The van der Waals surface area contributed by atoms with E-state index in [2.05, 4.69) is 15.4 Å². The highest BCUT2D eigenvalue weighted by Crippen LogP contribution is 2.28. The highest BCUT2D eigenvalue weighted by atomic mass is 19.1. The zero-order valence-electron chi connectivity index (χ0n) is 18.2. The normalized spacial score (nSPS) is 11.2. The summed E-state index contributed by atoms with van der Waals surface area (Å²) in [6.07, 6.45) is 2.80. The molecule has 0 aliphatic carbocycles. The number of rotatable bonds is 7. The highest BCUT2D eigenvalue weighted by molar-refractivity contribution is 5.97. The Balaban J connectivity index is 1.28. The average molecular weight is 461 g/mol. The second kappa shape index (κ2) is 8.81. The van der Waals surface area contributed by atoms with Gasteiger partial charge in [0.25, 0.3) is 11.5 Å². The van der Waals surface area contributed by atoms with Crippen LogP contribution >= 0.6 is 0 Å². The lowest BCUT2D eigenvalue weighted by Crippen LogP contribution is -2.27. The van der Waals surface area contributed by atoms with Crippen LogP contribution in [0.25, 0.3) is 22.0 Å². The number of carbonyl (C=O) groups is 1. The van der Waals surface area contributed by atoms with E-state index in [-0.39, 0.29) is 36.1 Å². The summed E-state index contributed by atoms with van der Waals surface area (Å²) in [5.74, 6) is -0.0518. The number of methoxy groups -OCH3 is 1. The SMILES string of the molecule is COc1cccc2cc(C(=O)NCCn3ncc4c(=O)n(Cc5ccccc5F)cnc43)oc12.